The number of rotatable bonds is 18. The molecule has 1 rings (SSSR count). The fourth-order valence-electron chi connectivity index (χ4n) is 3.46. The van der Waals surface area contributed by atoms with Crippen LogP contribution in [0.5, 0.6) is 0 Å². The summed E-state index contributed by atoms with van der Waals surface area (Å²) in [6.07, 6.45) is 4.45. The van der Waals surface area contributed by atoms with Crippen LogP contribution in [-0.2, 0) is 30.4 Å². The van der Waals surface area contributed by atoms with Crippen molar-refractivity contribution in [2.45, 2.75) is 83.0 Å². The number of carboxylic acid groups (broad SMARTS) is 1. The molecular weight excluding hydrogens is 484 g/mol. The van der Waals surface area contributed by atoms with Crippen molar-refractivity contribution in [2.75, 3.05) is 6.54 Å². The normalized spacial score (nSPS) is 15.0. The van der Waals surface area contributed by atoms with E-state index in [-0.39, 0.29) is 31.6 Å². The molecule has 5 atom stereocenters. The Kier molecular flexibility index (Phi) is 13.9. The highest BCUT2D eigenvalue weighted by atomic mass is 16.4. The van der Waals surface area contributed by atoms with Crippen LogP contribution in [0, 0.1) is 5.92 Å². The molecule has 0 aliphatic carbocycles. The lowest BCUT2D eigenvalue weighted by Gasteiger charge is -2.26. The van der Waals surface area contributed by atoms with Gasteiger partial charge < -0.3 is 43.2 Å². The quantitative estimate of drug-likeness (QED) is 0.101. The van der Waals surface area contributed by atoms with Gasteiger partial charge in [0.15, 0.2) is 0 Å². The van der Waals surface area contributed by atoms with Crippen molar-refractivity contribution >= 4 is 29.6 Å². The number of nitrogens with zero attached hydrogens (tertiary/aromatic N) is 1. The zero-order chi connectivity index (χ0) is 28.0. The molecule has 0 aliphatic heterocycles. The fraction of sp³-hybridized carbons (Fsp3) is 0.652. The van der Waals surface area contributed by atoms with Crippen LogP contribution >= 0.6 is 0 Å². The van der Waals surface area contributed by atoms with Gasteiger partial charge in [0.25, 0.3) is 0 Å². The van der Waals surface area contributed by atoms with Crippen molar-refractivity contribution in [3.05, 3.63) is 18.2 Å². The first-order valence-electron chi connectivity index (χ1n) is 12.3. The fourth-order valence-corrected chi connectivity index (χ4v) is 3.46. The van der Waals surface area contributed by atoms with Gasteiger partial charge in [0.1, 0.15) is 18.1 Å². The lowest BCUT2D eigenvalue weighted by Crippen LogP contribution is -2.58. The van der Waals surface area contributed by atoms with Gasteiger partial charge in [0.05, 0.1) is 12.4 Å². The first-order chi connectivity index (χ1) is 17.5. The average molecular weight is 525 g/mol. The van der Waals surface area contributed by atoms with Crippen LogP contribution in [0.4, 0.5) is 0 Å². The molecule has 0 aromatic carbocycles. The highest BCUT2D eigenvalue weighted by molar-refractivity contribution is 5.94. The van der Waals surface area contributed by atoms with Crippen LogP contribution in [0.25, 0.3) is 0 Å². The maximum absolute atomic E-state index is 13.2. The zero-order valence-corrected chi connectivity index (χ0v) is 21.4. The predicted octanol–water partition coefficient (Wildman–Crippen LogP) is -1.74. The van der Waals surface area contributed by atoms with Gasteiger partial charge in [0.2, 0.25) is 23.6 Å². The SMILES string of the molecule is CCC(C)C(N)C(=O)NC(CCCCN)C(=O)NC(Cc1cnc[nH]1)C(=O)NC(CCC(N)=O)C(=O)O. The van der Waals surface area contributed by atoms with Gasteiger partial charge >= 0.3 is 5.97 Å². The molecule has 0 saturated carbocycles. The molecule has 1 aromatic heterocycles. The topological polar surface area (TPSA) is 248 Å². The Bertz CT molecular complexity index is 894. The van der Waals surface area contributed by atoms with Crippen molar-refractivity contribution < 1.29 is 29.1 Å². The van der Waals surface area contributed by atoms with E-state index in [0.29, 0.717) is 31.5 Å². The third kappa shape index (κ3) is 11.4. The number of H-pyrrole nitrogens is 1. The van der Waals surface area contributed by atoms with Crippen molar-refractivity contribution in [1.29, 1.82) is 0 Å². The van der Waals surface area contributed by atoms with Gasteiger partial charge in [-0.2, -0.15) is 0 Å². The highest BCUT2D eigenvalue weighted by Crippen LogP contribution is 2.09. The number of aromatic nitrogens is 2. The van der Waals surface area contributed by atoms with Crippen LogP contribution in [0.1, 0.15) is 58.1 Å². The minimum atomic E-state index is -1.39. The van der Waals surface area contributed by atoms with Crippen molar-refractivity contribution in [3.8, 4) is 0 Å². The number of nitrogens with two attached hydrogens (primary N) is 3. The first-order valence-corrected chi connectivity index (χ1v) is 12.3. The van der Waals surface area contributed by atoms with Crippen LogP contribution in [-0.4, -0.2) is 75.4 Å². The van der Waals surface area contributed by atoms with E-state index < -0.39 is 53.8 Å². The Balaban J connectivity index is 3.07. The Morgan fingerprint density at radius 1 is 1.00 bits per heavy atom. The number of carbonyl (C=O) groups excluding carboxylic acids is 4. The van der Waals surface area contributed by atoms with E-state index in [1.54, 1.807) is 0 Å². The van der Waals surface area contributed by atoms with Gasteiger partial charge in [-0.25, -0.2) is 9.78 Å². The summed E-state index contributed by atoms with van der Waals surface area (Å²) in [5, 5.41) is 17.1. The minimum Gasteiger partial charge on any atom is -0.480 e. The molecular formula is C23H40N8O6. The average Bonchev–Trinajstić information content (AvgIpc) is 3.37. The summed E-state index contributed by atoms with van der Waals surface area (Å²) >= 11 is 0. The van der Waals surface area contributed by atoms with E-state index in [1.807, 2.05) is 13.8 Å². The third-order valence-electron chi connectivity index (χ3n) is 6.05. The van der Waals surface area contributed by atoms with E-state index in [2.05, 4.69) is 25.9 Å². The smallest absolute Gasteiger partial charge is 0.326 e. The maximum atomic E-state index is 13.2. The van der Waals surface area contributed by atoms with Crippen LogP contribution in [0.2, 0.25) is 0 Å². The van der Waals surface area contributed by atoms with Gasteiger partial charge in [0, 0.05) is 24.7 Å². The minimum absolute atomic E-state index is 0.0322. The number of hydrogen-bond donors (Lipinski definition) is 8. The Morgan fingerprint density at radius 3 is 2.16 bits per heavy atom. The van der Waals surface area contributed by atoms with Crippen molar-refractivity contribution in [3.63, 3.8) is 0 Å². The van der Waals surface area contributed by atoms with E-state index in [4.69, 9.17) is 17.2 Å². The molecule has 37 heavy (non-hydrogen) atoms. The molecule has 1 heterocycles. The van der Waals surface area contributed by atoms with Crippen molar-refractivity contribution in [1.82, 2.24) is 25.9 Å². The molecule has 14 heteroatoms. The van der Waals surface area contributed by atoms with Crippen molar-refractivity contribution in [2.24, 2.45) is 23.1 Å². The number of amides is 4. The lowest BCUT2D eigenvalue weighted by molar-refractivity contribution is -0.142. The summed E-state index contributed by atoms with van der Waals surface area (Å²) in [4.78, 5) is 68.3. The number of hydrogen-bond acceptors (Lipinski definition) is 8. The van der Waals surface area contributed by atoms with E-state index in [0.717, 1.165) is 0 Å². The molecule has 0 radical (unpaired) electrons. The van der Waals surface area contributed by atoms with Crippen LogP contribution in [0.15, 0.2) is 12.5 Å². The number of aromatic amines is 1. The van der Waals surface area contributed by atoms with Gasteiger partial charge in [-0.15, -0.1) is 0 Å². The monoisotopic (exact) mass is 524 g/mol. The molecule has 1 aromatic rings. The van der Waals surface area contributed by atoms with Gasteiger partial charge in [-0.05, 0) is 38.1 Å². The number of nitrogens with one attached hydrogen (secondary N) is 4. The summed E-state index contributed by atoms with van der Waals surface area (Å²) in [6, 6.07) is -4.41. The first kappa shape index (κ1) is 31.5. The zero-order valence-electron chi connectivity index (χ0n) is 21.4. The van der Waals surface area contributed by atoms with Gasteiger partial charge in [-0.1, -0.05) is 20.3 Å². The van der Waals surface area contributed by atoms with E-state index in [1.165, 1.54) is 12.5 Å². The van der Waals surface area contributed by atoms with Gasteiger partial charge in [-0.3, -0.25) is 19.2 Å². The summed E-state index contributed by atoms with van der Waals surface area (Å²) < 4.78 is 0. The summed E-state index contributed by atoms with van der Waals surface area (Å²) in [5.41, 5.74) is 17.2. The number of carboxylic acids is 1. The Morgan fingerprint density at radius 2 is 1.62 bits per heavy atom. The molecule has 14 nitrogen and oxygen atoms in total. The summed E-state index contributed by atoms with van der Waals surface area (Å²) in [5.74, 6) is -4.09. The molecule has 0 spiro atoms. The lowest BCUT2D eigenvalue weighted by atomic mass is 9.98. The molecule has 0 bridgehead atoms. The second-order valence-electron chi connectivity index (χ2n) is 9.00. The molecule has 0 aliphatic rings. The maximum Gasteiger partial charge on any atom is 0.326 e. The predicted molar refractivity (Wildman–Crippen MR) is 134 cm³/mol. The molecule has 11 N–H and O–H groups in total. The standard InChI is InChI=1S/C23H40N8O6/c1-3-13(2)19(26)22(35)29-15(6-4-5-9-24)20(33)31-17(10-14-11-27-12-28-14)21(34)30-16(23(36)37)7-8-18(25)32/h11-13,15-17,19H,3-10,24,26H2,1-2H3,(H2,25,32)(H,27,28)(H,29,35)(H,30,34)(H,31,33)(H,36,37). The van der Waals surface area contributed by atoms with Crippen LogP contribution in [0.3, 0.4) is 0 Å². The molecule has 4 amide bonds. The Hall–Kier alpha value is -3.52. The number of primary amides is 1. The van der Waals surface area contributed by atoms with E-state index >= 15 is 0 Å². The second-order valence-corrected chi connectivity index (χ2v) is 9.00. The molecule has 208 valence electrons. The highest BCUT2D eigenvalue weighted by Gasteiger charge is 2.31. The number of imidazole rings is 1. The molecule has 0 fully saturated rings. The van der Waals surface area contributed by atoms with E-state index in [9.17, 15) is 29.1 Å². The number of unbranched alkanes of at least 4 members (excludes halogenated alkanes) is 1. The summed E-state index contributed by atoms with van der Waals surface area (Å²) in [7, 11) is 0. The largest absolute Gasteiger partial charge is 0.480 e. The summed E-state index contributed by atoms with van der Waals surface area (Å²) in [6.45, 7) is 4.13. The second kappa shape index (κ2) is 16.3. The molecule has 5 unspecified atom stereocenters. The third-order valence-corrected chi connectivity index (χ3v) is 6.05. The van der Waals surface area contributed by atoms with Crippen LogP contribution < -0.4 is 33.2 Å². The molecule has 0 saturated heterocycles. The Labute approximate surface area is 215 Å². The number of aliphatic carboxylic acids is 1. The number of carbonyl (C=O) groups is 5.